The maximum absolute atomic E-state index is 11.7. The van der Waals surface area contributed by atoms with Crippen molar-refractivity contribution in [2.75, 3.05) is 6.61 Å². The number of rotatable bonds is 0. The molecular weight excluding hydrogens is 188 g/mol. The molecule has 1 atom stereocenters. The van der Waals surface area contributed by atoms with E-state index in [1.807, 2.05) is 13.8 Å². The summed E-state index contributed by atoms with van der Waals surface area (Å²) in [6.45, 7) is 4.41. The van der Waals surface area contributed by atoms with Crippen molar-refractivity contribution in [2.45, 2.75) is 30.6 Å². The molecule has 4 nitrogen and oxygen atoms in total. The Hall–Kier alpha value is -0.550. The van der Waals surface area contributed by atoms with Crippen molar-refractivity contribution in [1.29, 1.82) is 5.41 Å². The van der Waals surface area contributed by atoms with E-state index in [9.17, 15) is 4.79 Å². The highest BCUT2D eigenvalue weighted by atomic mass is 32.2. The fraction of sp³-hybridized carbons (Fsp3) is 0.750. The van der Waals surface area contributed by atoms with E-state index in [1.54, 1.807) is 0 Å². The number of hydrogen-bond acceptors (Lipinski definition) is 4. The SMILES string of the molecule is CC1(C)OCCC12SC(=N)NC2=O. The summed E-state index contributed by atoms with van der Waals surface area (Å²) in [5.74, 6) is -0.0787. The highest BCUT2D eigenvalue weighted by Crippen LogP contribution is 2.48. The first kappa shape index (κ1) is 9.02. The van der Waals surface area contributed by atoms with Crippen LogP contribution in [0.3, 0.4) is 0 Å². The number of amides is 1. The Kier molecular flexibility index (Phi) is 1.72. The Morgan fingerprint density at radius 3 is 2.69 bits per heavy atom. The molecule has 2 fully saturated rings. The fourth-order valence-corrected chi connectivity index (χ4v) is 3.00. The van der Waals surface area contributed by atoms with Gasteiger partial charge in [-0.1, -0.05) is 11.8 Å². The molecule has 2 rings (SSSR count). The lowest BCUT2D eigenvalue weighted by Crippen LogP contribution is -2.49. The third-order valence-electron chi connectivity index (χ3n) is 2.76. The molecule has 1 amide bonds. The first-order chi connectivity index (χ1) is 5.98. The van der Waals surface area contributed by atoms with Crippen LogP contribution in [-0.2, 0) is 9.53 Å². The molecule has 5 heteroatoms. The third kappa shape index (κ3) is 1.03. The Morgan fingerprint density at radius 1 is 1.62 bits per heavy atom. The number of thioether (sulfide) groups is 1. The number of carbonyl (C=O) groups excluding carboxylic acids is 1. The van der Waals surface area contributed by atoms with Gasteiger partial charge in [0.05, 0.1) is 5.60 Å². The van der Waals surface area contributed by atoms with E-state index in [-0.39, 0.29) is 11.1 Å². The van der Waals surface area contributed by atoms with E-state index in [0.717, 1.165) is 0 Å². The zero-order valence-electron chi connectivity index (χ0n) is 7.64. The predicted molar refractivity (Wildman–Crippen MR) is 50.8 cm³/mol. The lowest BCUT2D eigenvalue weighted by molar-refractivity contribution is -0.125. The monoisotopic (exact) mass is 200 g/mol. The van der Waals surface area contributed by atoms with Crippen LogP contribution in [0.1, 0.15) is 20.3 Å². The molecule has 1 unspecified atom stereocenters. The zero-order chi connectivity index (χ0) is 9.69. The van der Waals surface area contributed by atoms with Crippen molar-refractivity contribution >= 4 is 22.8 Å². The van der Waals surface area contributed by atoms with E-state index in [2.05, 4.69) is 5.32 Å². The lowest BCUT2D eigenvalue weighted by atomic mass is 9.89. The molecule has 72 valence electrons. The molecule has 2 N–H and O–H groups in total. The fourth-order valence-electron chi connectivity index (χ4n) is 1.88. The van der Waals surface area contributed by atoms with Crippen LogP contribution < -0.4 is 5.32 Å². The van der Waals surface area contributed by atoms with Crippen LogP contribution in [-0.4, -0.2) is 28.0 Å². The molecule has 0 aromatic carbocycles. The van der Waals surface area contributed by atoms with Gasteiger partial charge in [-0.3, -0.25) is 10.2 Å². The second kappa shape index (κ2) is 2.48. The Morgan fingerprint density at radius 2 is 2.31 bits per heavy atom. The van der Waals surface area contributed by atoms with Crippen LogP contribution >= 0.6 is 11.8 Å². The maximum atomic E-state index is 11.7. The van der Waals surface area contributed by atoms with Gasteiger partial charge in [0.1, 0.15) is 4.75 Å². The van der Waals surface area contributed by atoms with E-state index >= 15 is 0 Å². The molecular formula is C8H12N2O2S. The Bertz CT molecular complexity index is 290. The molecule has 0 radical (unpaired) electrons. The Balaban J connectivity index is 2.40. The largest absolute Gasteiger partial charge is 0.373 e. The molecule has 0 aliphatic carbocycles. The first-order valence-corrected chi connectivity index (χ1v) is 5.03. The number of nitrogens with one attached hydrogen (secondary N) is 2. The van der Waals surface area contributed by atoms with Gasteiger partial charge >= 0.3 is 0 Å². The van der Waals surface area contributed by atoms with Crippen LogP contribution in [0.25, 0.3) is 0 Å². The molecule has 13 heavy (non-hydrogen) atoms. The van der Waals surface area contributed by atoms with Gasteiger partial charge in [0.2, 0.25) is 5.91 Å². The van der Waals surface area contributed by atoms with Gasteiger partial charge < -0.3 is 10.1 Å². The van der Waals surface area contributed by atoms with Gasteiger partial charge in [-0.2, -0.15) is 0 Å². The van der Waals surface area contributed by atoms with Crippen LogP contribution in [0.4, 0.5) is 0 Å². The summed E-state index contributed by atoms with van der Waals surface area (Å²) in [5.41, 5.74) is -0.468. The van der Waals surface area contributed by atoms with Gasteiger partial charge in [-0.25, -0.2) is 0 Å². The van der Waals surface area contributed by atoms with Gasteiger partial charge in [-0.15, -0.1) is 0 Å². The van der Waals surface area contributed by atoms with E-state index in [1.165, 1.54) is 11.8 Å². The van der Waals surface area contributed by atoms with Gasteiger partial charge in [0.15, 0.2) is 5.17 Å². The van der Waals surface area contributed by atoms with Crippen molar-refractivity contribution in [3.05, 3.63) is 0 Å². The van der Waals surface area contributed by atoms with Crippen molar-refractivity contribution in [3.8, 4) is 0 Å². The van der Waals surface area contributed by atoms with Crippen LogP contribution in [0, 0.1) is 5.41 Å². The standard InChI is InChI=1S/C8H12N2O2S/c1-7(2)8(3-4-12-7)5(11)10-6(9)13-8/h3-4H2,1-2H3,(H2,9,10,11). The van der Waals surface area contributed by atoms with Crippen LogP contribution in [0.2, 0.25) is 0 Å². The number of ether oxygens (including phenoxy) is 1. The summed E-state index contributed by atoms with van der Waals surface area (Å²) in [5, 5.41) is 10.2. The Labute approximate surface area is 80.9 Å². The minimum atomic E-state index is -0.565. The van der Waals surface area contributed by atoms with Crippen LogP contribution in [0.5, 0.6) is 0 Å². The molecule has 0 aromatic rings. The first-order valence-electron chi connectivity index (χ1n) is 4.21. The third-order valence-corrected chi connectivity index (χ3v) is 4.30. The highest BCUT2D eigenvalue weighted by molar-refractivity contribution is 8.16. The summed E-state index contributed by atoms with van der Waals surface area (Å²) >= 11 is 1.29. The predicted octanol–water partition coefficient (Wildman–Crippen LogP) is 0.722. The lowest BCUT2D eigenvalue weighted by Gasteiger charge is -2.31. The summed E-state index contributed by atoms with van der Waals surface area (Å²) in [6.07, 6.45) is 0.693. The summed E-state index contributed by atoms with van der Waals surface area (Å²) < 4.78 is 4.95. The van der Waals surface area contributed by atoms with Gasteiger partial charge in [-0.05, 0) is 20.3 Å². The topological polar surface area (TPSA) is 62.2 Å². The molecule has 0 saturated carbocycles. The molecule has 2 aliphatic heterocycles. The summed E-state index contributed by atoms with van der Waals surface area (Å²) in [4.78, 5) is 11.7. The smallest absolute Gasteiger partial charge is 0.245 e. The van der Waals surface area contributed by atoms with Crippen molar-refractivity contribution in [3.63, 3.8) is 0 Å². The minimum absolute atomic E-state index is 0.0787. The van der Waals surface area contributed by atoms with E-state index in [0.29, 0.717) is 13.0 Å². The number of amidine groups is 1. The van der Waals surface area contributed by atoms with E-state index in [4.69, 9.17) is 10.1 Å². The van der Waals surface area contributed by atoms with Crippen LogP contribution in [0.15, 0.2) is 0 Å². The average molecular weight is 200 g/mol. The molecule has 2 saturated heterocycles. The second-order valence-electron chi connectivity index (χ2n) is 3.82. The van der Waals surface area contributed by atoms with Crippen molar-refractivity contribution in [2.24, 2.45) is 0 Å². The summed E-state index contributed by atoms with van der Waals surface area (Å²) in [6, 6.07) is 0. The summed E-state index contributed by atoms with van der Waals surface area (Å²) in [7, 11) is 0. The molecule has 1 spiro atoms. The van der Waals surface area contributed by atoms with Gasteiger partial charge in [0, 0.05) is 6.61 Å². The zero-order valence-corrected chi connectivity index (χ0v) is 8.46. The average Bonchev–Trinajstić information content (AvgIpc) is 2.40. The molecule has 0 bridgehead atoms. The molecule has 0 aromatic heterocycles. The highest BCUT2D eigenvalue weighted by Gasteiger charge is 2.60. The normalized spacial score (nSPS) is 37.1. The second-order valence-corrected chi connectivity index (χ2v) is 5.13. The minimum Gasteiger partial charge on any atom is -0.373 e. The molecule has 2 aliphatic rings. The maximum Gasteiger partial charge on any atom is 0.245 e. The molecule has 2 heterocycles. The van der Waals surface area contributed by atoms with E-state index < -0.39 is 10.3 Å². The number of hydrogen-bond donors (Lipinski definition) is 2. The van der Waals surface area contributed by atoms with Crippen molar-refractivity contribution in [1.82, 2.24) is 5.32 Å². The number of carbonyl (C=O) groups is 1. The quantitative estimate of drug-likeness (QED) is 0.605. The van der Waals surface area contributed by atoms with Gasteiger partial charge in [0.25, 0.3) is 0 Å². The van der Waals surface area contributed by atoms with Crippen molar-refractivity contribution < 1.29 is 9.53 Å².